The number of hydrogen-bond donors (Lipinski definition) is 5. The Bertz CT molecular complexity index is 662. The molecule has 0 aliphatic heterocycles. The molecule has 0 fully saturated rings. The Morgan fingerprint density at radius 2 is 0.686 bits per heavy atom. The predicted octanol–water partition coefficient (Wildman–Crippen LogP) is 12.7. The summed E-state index contributed by atoms with van der Waals surface area (Å²) in [7, 11) is -5.27. The van der Waals surface area contributed by atoms with Crippen LogP contribution in [0.4, 0.5) is 0 Å². The van der Waals surface area contributed by atoms with Crippen LogP contribution in [0.5, 0.6) is 0 Å². The largest absolute Gasteiger partial charge is 0.396 e. The zero-order chi connectivity index (χ0) is 37.5. The average Bonchev–Trinajstić information content (AvgIpc) is 3.12. The van der Waals surface area contributed by atoms with Crippen molar-refractivity contribution in [2.45, 2.75) is 232 Å². The summed E-state index contributed by atoms with van der Waals surface area (Å²) in [5.41, 5.74) is -1.12. The molecule has 10 heteroatoms. The Morgan fingerprint density at radius 1 is 0.412 bits per heavy atom. The van der Waals surface area contributed by atoms with E-state index in [0.717, 1.165) is 32.1 Å². The average molecular weight is 769 g/mol. The van der Waals surface area contributed by atoms with Gasteiger partial charge >= 0.3 is 17.2 Å². The molecule has 0 aromatic carbocycles. The van der Waals surface area contributed by atoms with Crippen LogP contribution in [0.2, 0.25) is 0 Å². The van der Waals surface area contributed by atoms with E-state index in [0.29, 0.717) is 13.0 Å². The second-order valence-electron chi connectivity index (χ2n) is 15.3. The van der Waals surface area contributed by atoms with Crippen molar-refractivity contribution in [2.75, 3.05) is 26.4 Å². The van der Waals surface area contributed by atoms with Crippen LogP contribution in [-0.4, -0.2) is 57.2 Å². The molecule has 0 amide bonds. The topological polar surface area (TPSA) is 129 Å². The highest BCUT2D eigenvalue weighted by Gasteiger charge is 2.41. The molecule has 0 bridgehead atoms. The second-order valence-corrected chi connectivity index (χ2v) is 16.9. The van der Waals surface area contributed by atoms with Gasteiger partial charge in [0.2, 0.25) is 0 Å². The minimum absolute atomic E-state index is 0.201. The lowest BCUT2D eigenvalue weighted by molar-refractivity contribution is -0.111. The van der Waals surface area contributed by atoms with Crippen LogP contribution < -0.4 is 0 Å². The molecule has 1 unspecified atom stereocenters. The Labute approximate surface area is 318 Å². The monoisotopic (exact) mass is 769 g/mol. The lowest BCUT2D eigenvalue weighted by Crippen LogP contribution is -2.47. The van der Waals surface area contributed by atoms with E-state index in [9.17, 15) is 24.7 Å². The molecule has 1 atom stereocenters. The molecule has 0 radical (unpaired) electrons. The molecule has 0 aromatic heterocycles. The minimum atomic E-state index is -2.63. The van der Waals surface area contributed by atoms with Gasteiger partial charge in [0, 0.05) is 6.61 Å². The third-order valence-electron chi connectivity index (χ3n) is 10.6. The minimum Gasteiger partial charge on any atom is -0.396 e. The van der Waals surface area contributed by atoms with Crippen LogP contribution in [0.1, 0.15) is 226 Å². The van der Waals surface area contributed by atoms with Gasteiger partial charge < -0.3 is 38.5 Å². The van der Waals surface area contributed by atoms with Gasteiger partial charge in [0.05, 0.1) is 31.3 Å². The van der Waals surface area contributed by atoms with Crippen LogP contribution in [0.3, 0.4) is 0 Å². The molecule has 51 heavy (non-hydrogen) atoms. The second kappa shape index (κ2) is 40.2. The molecule has 0 aliphatic rings. The zero-order valence-corrected chi connectivity index (χ0v) is 35.4. The van der Waals surface area contributed by atoms with Gasteiger partial charge in [-0.1, -0.05) is 213 Å². The number of unbranched alkanes of at least 4 members (excludes halogenated alkanes) is 30. The van der Waals surface area contributed by atoms with Crippen molar-refractivity contribution < 1.29 is 38.5 Å². The van der Waals surface area contributed by atoms with E-state index in [1.165, 1.54) is 173 Å². The van der Waals surface area contributed by atoms with Crippen LogP contribution in [-0.2, 0) is 13.8 Å². The van der Waals surface area contributed by atoms with Crippen molar-refractivity contribution in [3.8, 4) is 0 Å². The summed E-state index contributed by atoms with van der Waals surface area (Å²) < 4.78 is 16.7. The maximum atomic E-state index is 10.5. The molecule has 0 aliphatic carbocycles. The van der Waals surface area contributed by atoms with Crippen LogP contribution in [0.25, 0.3) is 0 Å². The molecule has 5 N–H and O–H groups in total. The Morgan fingerprint density at radius 3 is 0.961 bits per heavy atom. The van der Waals surface area contributed by atoms with Crippen molar-refractivity contribution in [2.24, 2.45) is 5.41 Å². The van der Waals surface area contributed by atoms with E-state index in [4.69, 9.17) is 13.8 Å². The van der Waals surface area contributed by atoms with Crippen molar-refractivity contribution in [1.82, 2.24) is 0 Å². The van der Waals surface area contributed by atoms with Gasteiger partial charge in [0.25, 0.3) is 0 Å². The summed E-state index contributed by atoms with van der Waals surface area (Å²) in [6.07, 6.45) is 41.7. The zero-order valence-electron chi connectivity index (χ0n) is 33.6. The highest BCUT2D eigenvalue weighted by molar-refractivity contribution is 7.39. The van der Waals surface area contributed by atoms with E-state index < -0.39 is 28.7 Å². The van der Waals surface area contributed by atoms with E-state index in [2.05, 4.69) is 13.8 Å². The summed E-state index contributed by atoms with van der Waals surface area (Å²) in [5.74, 6) is 0. The van der Waals surface area contributed by atoms with Gasteiger partial charge in [-0.15, -0.1) is 0 Å². The Kier molecular flexibility index (Phi) is 40.6. The van der Waals surface area contributed by atoms with Gasteiger partial charge in [0.15, 0.2) is 0 Å². The predicted molar refractivity (Wildman–Crippen MR) is 218 cm³/mol. The third kappa shape index (κ3) is 34.7. The molecular formula is C41H86O8P2. The summed E-state index contributed by atoms with van der Waals surface area (Å²) >= 11 is 0. The first kappa shape index (κ1) is 51.5. The number of aliphatic hydroxyl groups excluding tert-OH is 1. The molecule has 0 aromatic rings. The van der Waals surface area contributed by atoms with Crippen molar-refractivity contribution in [3.05, 3.63) is 0 Å². The fraction of sp³-hybridized carbons (Fsp3) is 1.00. The van der Waals surface area contributed by atoms with Crippen molar-refractivity contribution in [3.63, 3.8) is 0 Å². The number of ether oxygens (including phenoxy) is 1. The van der Waals surface area contributed by atoms with E-state index in [1.54, 1.807) is 0 Å². The lowest BCUT2D eigenvalue weighted by Gasteiger charge is -2.38. The number of hydrogen-bond acceptors (Lipinski definition) is 8. The fourth-order valence-electron chi connectivity index (χ4n) is 7.11. The van der Waals surface area contributed by atoms with Gasteiger partial charge in [-0.25, -0.2) is 0 Å². The first-order valence-electron chi connectivity index (χ1n) is 21.8. The molecule has 0 heterocycles. The number of rotatable bonds is 43. The molecule has 0 rings (SSSR count). The maximum absolute atomic E-state index is 10.5. The summed E-state index contributed by atoms with van der Waals surface area (Å²) in [4.78, 5) is 37.9. The van der Waals surface area contributed by atoms with E-state index in [-0.39, 0.29) is 19.8 Å². The quantitative estimate of drug-likeness (QED) is 0.0306. The van der Waals surface area contributed by atoms with Gasteiger partial charge in [-0.3, -0.25) is 0 Å². The molecule has 308 valence electrons. The van der Waals surface area contributed by atoms with Gasteiger partial charge in [-0.2, -0.15) is 0 Å². The van der Waals surface area contributed by atoms with Crippen molar-refractivity contribution >= 4 is 17.2 Å². The van der Waals surface area contributed by atoms with Crippen LogP contribution >= 0.6 is 17.2 Å². The first-order valence-corrected chi connectivity index (χ1v) is 24.1. The smallest absolute Gasteiger partial charge is 0.327 e. The third-order valence-corrected chi connectivity index (χ3v) is 11.3. The first-order chi connectivity index (χ1) is 24.9. The molecular weight excluding hydrogens is 682 g/mol. The highest BCUT2D eigenvalue weighted by Crippen LogP contribution is 2.38. The number of aliphatic hydroxyl groups is 1. The van der Waals surface area contributed by atoms with E-state index in [1.807, 2.05) is 0 Å². The standard InChI is InChI=1S/C41H86O8P2/c1-3-5-7-9-11-13-15-17-19-21-23-25-27-29-31-33-35-40(41(37-42,38-48-50(43)44)39-49-51(45)46)47-36-34-32-30-28-26-24-22-20-18-16-14-12-10-8-6-4-2/h40,42-46H,3-39H2,1-2H3. The van der Waals surface area contributed by atoms with E-state index >= 15 is 0 Å². The normalized spacial score (nSPS) is 12.9. The van der Waals surface area contributed by atoms with Crippen LogP contribution in [0, 0.1) is 5.41 Å². The van der Waals surface area contributed by atoms with Crippen LogP contribution in [0.15, 0.2) is 0 Å². The molecule has 0 spiro atoms. The summed E-state index contributed by atoms with van der Waals surface area (Å²) in [6.45, 7) is 4.29. The lowest BCUT2D eigenvalue weighted by atomic mass is 9.81. The summed E-state index contributed by atoms with van der Waals surface area (Å²) in [5, 5.41) is 10.5. The van der Waals surface area contributed by atoms with Gasteiger partial charge in [0.1, 0.15) is 0 Å². The Hall–Kier alpha value is 0.540. The molecule has 0 saturated heterocycles. The SMILES string of the molecule is CCCCCCCCCCCCCCCCCCOC(CCCCCCCCCCCCCCCCCC)C(CO)(COP(O)O)COP(O)O. The maximum Gasteiger partial charge on any atom is 0.327 e. The van der Waals surface area contributed by atoms with Crippen molar-refractivity contribution in [1.29, 1.82) is 0 Å². The Balaban J connectivity index is 4.39. The fourth-order valence-corrected chi connectivity index (χ4v) is 7.86. The van der Waals surface area contributed by atoms with Gasteiger partial charge in [-0.05, 0) is 12.8 Å². The highest BCUT2D eigenvalue weighted by atomic mass is 31.2. The molecule has 8 nitrogen and oxygen atoms in total. The summed E-state index contributed by atoms with van der Waals surface area (Å²) in [6, 6.07) is 0. The molecule has 0 saturated carbocycles.